The van der Waals surface area contributed by atoms with Crippen molar-refractivity contribution in [1.29, 1.82) is 0 Å². The van der Waals surface area contributed by atoms with Crippen LogP contribution in [0.2, 0.25) is 0 Å². The topological polar surface area (TPSA) is 96.3 Å². The molecule has 1 heterocycles. The van der Waals surface area contributed by atoms with Gasteiger partial charge in [-0.05, 0) is 18.6 Å². The van der Waals surface area contributed by atoms with Crippen LogP contribution >= 0.6 is 0 Å². The molecule has 0 spiro atoms. The molecular formula is C16H23F2N3O4S. The Kier molecular flexibility index (Phi) is 8.09. The molecule has 0 bridgehead atoms. The lowest BCUT2D eigenvalue weighted by molar-refractivity contribution is 0.400. The van der Waals surface area contributed by atoms with Crippen LogP contribution in [-0.2, 0) is 23.0 Å². The fourth-order valence-corrected chi connectivity index (χ4v) is 3.07. The summed E-state index contributed by atoms with van der Waals surface area (Å²) in [6.07, 6.45) is 1.37. The second-order valence-electron chi connectivity index (χ2n) is 5.32. The largest absolute Gasteiger partial charge is 0.434 e. The van der Waals surface area contributed by atoms with Gasteiger partial charge in [-0.3, -0.25) is 0 Å². The molecule has 2 aromatic rings. The molecule has 0 radical (unpaired) electrons. The van der Waals surface area contributed by atoms with E-state index in [4.69, 9.17) is 0 Å². The van der Waals surface area contributed by atoms with Gasteiger partial charge in [0.2, 0.25) is 15.9 Å². The Morgan fingerprint density at radius 2 is 1.77 bits per heavy atom. The summed E-state index contributed by atoms with van der Waals surface area (Å²) in [4.78, 5) is 10.8. The molecule has 2 rings (SSSR count). The third-order valence-corrected chi connectivity index (χ3v) is 4.58. The van der Waals surface area contributed by atoms with E-state index in [1.54, 1.807) is 6.92 Å². The predicted octanol–water partition coefficient (Wildman–Crippen LogP) is 2.43. The van der Waals surface area contributed by atoms with E-state index in [9.17, 15) is 22.0 Å². The highest BCUT2D eigenvalue weighted by Gasteiger charge is 2.20. The van der Waals surface area contributed by atoms with Crippen molar-refractivity contribution >= 4 is 10.0 Å². The van der Waals surface area contributed by atoms with E-state index in [-0.39, 0.29) is 36.5 Å². The standard InChI is InChI=1S/C14H17F2N3O4S.C2H6/c1-3-4-19(24(2,21)22)8-10-6-11(15)9(5-12(10)16)7-13-17-18-14(20)23-13;1-2/h5-6H,3-4,7-8H2,1-2H3,(H,18,20);1-2H3. The third-order valence-electron chi connectivity index (χ3n) is 3.33. The van der Waals surface area contributed by atoms with E-state index >= 15 is 0 Å². The minimum atomic E-state index is -3.53. The second kappa shape index (κ2) is 9.58. The van der Waals surface area contributed by atoms with Crippen LogP contribution in [0.25, 0.3) is 0 Å². The van der Waals surface area contributed by atoms with E-state index in [2.05, 4.69) is 9.52 Å². The highest BCUT2D eigenvalue weighted by atomic mass is 32.2. The molecule has 0 saturated carbocycles. The number of H-pyrrole nitrogens is 1. The fourth-order valence-electron chi connectivity index (χ4n) is 2.19. The zero-order chi connectivity index (χ0) is 19.9. The van der Waals surface area contributed by atoms with Crippen LogP contribution in [0.4, 0.5) is 8.78 Å². The molecule has 0 aliphatic rings. The summed E-state index contributed by atoms with van der Waals surface area (Å²) < 4.78 is 57.5. The van der Waals surface area contributed by atoms with Gasteiger partial charge in [0.15, 0.2) is 0 Å². The quantitative estimate of drug-likeness (QED) is 0.782. The van der Waals surface area contributed by atoms with Crippen LogP contribution in [0.5, 0.6) is 0 Å². The number of halogens is 2. The number of rotatable bonds is 7. The van der Waals surface area contributed by atoms with Crippen LogP contribution in [0, 0.1) is 11.6 Å². The minimum absolute atomic E-state index is 0.0482. The van der Waals surface area contributed by atoms with Gasteiger partial charge in [0, 0.05) is 24.2 Å². The van der Waals surface area contributed by atoms with E-state index in [0.29, 0.717) is 6.42 Å². The molecule has 0 atom stereocenters. The molecule has 1 aromatic carbocycles. The van der Waals surface area contributed by atoms with Gasteiger partial charge in [0.25, 0.3) is 0 Å². The number of benzene rings is 1. The molecule has 0 saturated heterocycles. The fraction of sp³-hybridized carbons (Fsp3) is 0.500. The summed E-state index contributed by atoms with van der Waals surface area (Å²) in [7, 11) is -3.53. The number of aromatic nitrogens is 2. The molecule has 0 fully saturated rings. The molecular weight excluding hydrogens is 368 g/mol. The highest BCUT2D eigenvalue weighted by Crippen LogP contribution is 2.20. The average Bonchev–Trinajstić information content (AvgIpc) is 2.97. The van der Waals surface area contributed by atoms with Crippen molar-refractivity contribution in [2.75, 3.05) is 12.8 Å². The van der Waals surface area contributed by atoms with Crippen LogP contribution in [-0.4, -0.2) is 35.7 Å². The molecule has 7 nitrogen and oxygen atoms in total. The third kappa shape index (κ3) is 6.03. The van der Waals surface area contributed by atoms with E-state index in [1.807, 2.05) is 18.9 Å². The van der Waals surface area contributed by atoms with Crippen molar-refractivity contribution in [3.8, 4) is 0 Å². The number of nitrogens with one attached hydrogen (secondary N) is 1. The lowest BCUT2D eigenvalue weighted by Crippen LogP contribution is -2.30. The van der Waals surface area contributed by atoms with E-state index < -0.39 is 27.4 Å². The van der Waals surface area contributed by atoms with Crippen molar-refractivity contribution in [2.45, 2.75) is 40.2 Å². The highest BCUT2D eigenvalue weighted by molar-refractivity contribution is 7.88. The molecule has 0 aliphatic carbocycles. The number of nitrogens with zero attached hydrogens (tertiary/aromatic N) is 2. The molecule has 0 aliphatic heterocycles. The zero-order valence-electron chi connectivity index (χ0n) is 15.2. The lowest BCUT2D eigenvalue weighted by Gasteiger charge is -2.19. The summed E-state index contributed by atoms with van der Waals surface area (Å²) in [5, 5.41) is 5.56. The van der Waals surface area contributed by atoms with Gasteiger partial charge in [-0.15, -0.1) is 5.10 Å². The first-order chi connectivity index (χ1) is 12.2. The smallest absolute Gasteiger partial charge is 0.392 e. The Morgan fingerprint density at radius 3 is 2.27 bits per heavy atom. The van der Waals surface area contributed by atoms with Gasteiger partial charge >= 0.3 is 5.76 Å². The SMILES string of the molecule is CC.CCCN(Cc1cc(F)c(Cc2n[nH]c(=O)o2)cc1F)S(C)(=O)=O. The Hall–Kier alpha value is -2.07. The normalized spacial score (nSPS) is 11.3. The van der Waals surface area contributed by atoms with Crippen LogP contribution < -0.4 is 5.76 Å². The van der Waals surface area contributed by atoms with Crippen molar-refractivity contribution in [3.05, 3.63) is 51.3 Å². The van der Waals surface area contributed by atoms with Gasteiger partial charge in [0.1, 0.15) is 11.6 Å². The number of sulfonamides is 1. The van der Waals surface area contributed by atoms with E-state index in [1.165, 1.54) is 0 Å². The van der Waals surface area contributed by atoms with Gasteiger partial charge in [0.05, 0.1) is 12.7 Å². The summed E-state index contributed by atoms with van der Waals surface area (Å²) in [5.74, 6) is -2.34. The van der Waals surface area contributed by atoms with Crippen molar-refractivity contribution < 1.29 is 21.6 Å². The molecule has 0 amide bonds. The predicted molar refractivity (Wildman–Crippen MR) is 93.2 cm³/mol. The molecule has 10 heteroatoms. The first-order valence-corrected chi connectivity index (χ1v) is 10.0. The van der Waals surface area contributed by atoms with Crippen LogP contribution in [0.3, 0.4) is 0 Å². The number of aromatic amines is 1. The van der Waals surface area contributed by atoms with E-state index in [0.717, 1.165) is 22.7 Å². The summed E-state index contributed by atoms with van der Waals surface area (Å²) >= 11 is 0. The van der Waals surface area contributed by atoms with Gasteiger partial charge in [-0.2, -0.15) is 4.31 Å². The summed E-state index contributed by atoms with van der Waals surface area (Å²) in [6, 6.07) is 1.90. The lowest BCUT2D eigenvalue weighted by atomic mass is 10.1. The zero-order valence-corrected chi connectivity index (χ0v) is 16.0. The number of hydrogen-bond donors (Lipinski definition) is 1. The molecule has 146 valence electrons. The Morgan fingerprint density at radius 1 is 1.19 bits per heavy atom. The van der Waals surface area contributed by atoms with Gasteiger partial charge in [-0.1, -0.05) is 20.8 Å². The molecule has 1 aromatic heterocycles. The first kappa shape index (κ1) is 22.0. The van der Waals surface area contributed by atoms with Crippen molar-refractivity contribution in [1.82, 2.24) is 14.5 Å². The first-order valence-electron chi connectivity index (χ1n) is 8.17. The monoisotopic (exact) mass is 391 g/mol. The maximum absolute atomic E-state index is 14.2. The maximum Gasteiger partial charge on any atom is 0.434 e. The summed E-state index contributed by atoms with van der Waals surface area (Å²) in [6.45, 7) is 5.74. The van der Waals surface area contributed by atoms with Gasteiger partial charge in [-0.25, -0.2) is 27.1 Å². The van der Waals surface area contributed by atoms with Crippen LogP contribution in [0.1, 0.15) is 44.2 Å². The number of hydrogen-bond acceptors (Lipinski definition) is 5. The Balaban J connectivity index is 0.00000163. The maximum atomic E-state index is 14.2. The van der Waals surface area contributed by atoms with Crippen molar-refractivity contribution in [3.63, 3.8) is 0 Å². The second-order valence-corrected chi connectivity index (χ2v) is 7.30. The Labute approximate surface area is 151 Å². The van der Waals surface area contributed by atoms with Crippen LogP contribution in [0.15, 0.2) is 21.3 Å². The van der Waals surface area contributed by atoms with Crippen molar-refractivity contribution in [2.24, 2.45) is 0 Å². The molecule has 1 N–H and O–H groups in total. The Bertz CT molecular complexity index is 878. The molecule has 0 unspecified atom stereocenters. The van der Waals surface area contributed by atoms with Gasteiger partial charge < -0.3 is 4.42 Å². The summed E-state index contributed by atoms with van der Waals surface area (Å²) in [5.41, 5.74) is -0.119. The minimum Gasteiger partial charge on any atom is -0.392 e. The molecule has 26 heavy (non-hydrogen) atoms. The average molecular weight is 391 g/mol.